The van der Waals surface area contributed by atoms with Gasteiger partial charge in [-0.15, -0.1) is 0 Å². The smallest absolute Gasteiger partial charge is 0.235 e. The molecule has 0 saturated carbocycles. The quantitative estimate of drug-likeness (QED) is 0.186. The molecular weight excluding hydrogens is 651 g/mol. The molecule has 0 saturated heterocycles. The zero-order valence-corrected chi connectivity index (χ0v) is 29.2. The van der Waals surface area contributed by atoms with E-state index < -0.39 is 0 Å². The van der Waals surface area contributed by atoms with Crippen LogP contribution in [-0.4, -0.2) is 20.6 Å². The van der Waals surface area contributed by atoms with Gasteiger partial charge in [-0.3, -0.25) is 4.57 Å². The fourth-order valence-electron chi connectivity index (χ4n) is 9.72. The Morgan fingerprint density at radius 1 is 0.736 bits per heavy atom. The number of ether oxygens (including phenoxy) is 1. The van der Waals surface area contributed by atoms with E-state index in [1.165, 1.54) is 33.4 Å². The van der Waals surface area contributed by atoms with Crippen LogP contribution in [0.3, 0.4) is 0 Å². The minimum absolute atomic E-state index is 0.0977. The Bertz CT molecular complexity index is 2940. The molecule has 53 heavy (non-hydrogen) atoms. The van der Waals surface area contributed by atoms with Crippen LogP contribution < -0.4 is 0 Å². The van der Waals surface area contributed by atoms with Gasteiger partial charge in [0.15, 0.2) is 0 Å². The molecule has 0 amide bonds. The number of hydrogen-bond acceptors (Lipinski definition) is 4. The second kappa shape index (κ2) is 11.1. The van der Waals surface area contributed by atoms with Crippen LogP contribution in [0.15, 0.2) is 149 Å². The Balaban J connectivity index is 1.08. The van der Waals surface area contributed by atoms with Crippen LogP contribution in [-0.2, 0) is 11.2 Å². The number of rotatable bonds is 3. The number of benzene rings is 4. The third kappa shape index (κ3) is 4.25. The molecule has 0 fully saturated rings. The van der Waals surface area contributed by atoms with Gasteiger partial charge in [-0.25, -0.2) is 9.97 Å². The van der Waals surface area contributed by atoms with Crippen molar-refractivity contribution in [1.82, 2.24) is 14.5 Å². The lowest BCUT2D eigenvalue weighted by atomic mass is 9.82. The molecule has 1 aliphatic heterocycles. The third-order valence-electron chi connectivity index (χ3n) is 12.1. The summed E-state index contributed by atoms with van der Waals surface area (Å²) < 4.78 is 15.6. The first-order valence-corrected chi connectivity index (χ1v) is 19.0. The van der Waals surface area contributed by atoms with Crippen molar-refractivity contribution in [2.75, 3.05) is 0 Å². The van der Waals surface area contributed by atoms with Crippen LogP contribution in [0.25, 0.3) is 72.0 Å². The van der Waals surface area contributed by atoms with Gasteiger partial charge in [0.1, 0.15) is 23.0 Å². The van der Waals surface area contributed by atoms with Crippen molar-refractivity contribution < 1.29 is 9.15 Å². The van der Waals surface area contributed by atoms with E-state index in [1.807, 2.05) is 6.07 Å². The molecule has 5 aliphatic rings. The number of fused-ring (bicyclic) bond motifs is 10. The van der Waals surface area contributed by atoms with Crippen LogP contribution in [0.5, 0.6) is 0 Å². The van der Waals surface area contributed by atoms with Gasteiger partial charge in [0.25, 0.3) is 0 Å². The second-order valence-corrected chi connectivity index (χ2v) is 14.9. The van der Waals surface area contributed by atoms with Gasteiger partial charge in [-0.05, 0) is 91.1 Å². The number of hydrogen-bond donors (Lipinski definition) is 0. The monoisotopic (exact) mass is 685 g/mol. The van der Waals surface area contributed by atoms with E-state index in [0.29, 0.717) is 0 Å². The zero-order chi connectivity index (χ0) is 34.6. The lowest BCUT2D eigenvalue weighted by molar-refractivity contribution is 0.182. The first-order valence-electron chi connectivity index (χ1n) is 19.0. The largest absolute Gasteiger partial charge is 0.485 e. The fourth-order valence-corrected chi connectivity index (χ4v) is 9.72. The number of nitrogens with zero attached hydrogens (tertiary/aromatic N) is 3. The standard InChI is InChI=1S/C48H35N3O2/c1-2-12-30-28(11-1)23-26-41-44(30)38-27-29(31-16-9-17-34-32-13-4-7-21-42(32)52-46(31)34)24-25-40(38)51(41)48-49-39-20-6-3-15-36(39)45(50-48)37-19-10-18-35-33-14-5-8-22-43(33)53-47(35)37/h1,3-4,6-11,13,15-22,24-25,27,35,47H,2,5,12,14,23,26H2. The van der Waals surface area contributed by atoms with E-state index >= 15 is 0 Å². The fraction of sp³-hybridized carbons (Fsp3) is 0.167. The normalized spacial score (nSPS) is 20.3. The molecule has 0 bridgehead atoms. The Morgan fingerprint density at radius 2 is 1.60 bits per heavy atom. The molecule has 2 atom stereocenters. The number of allylic oxidation sites excluding steroid dienone is 8. The van der Waals surface area contributed by atoms with Gasteiger partial charge in [-0.1, -0.05) is 97.1 Å². The molecule has 12 rings (SSSR count). The van der Waals surface area contributed by atoms with Crippen molar-refractivity contribution in [2.24, 2.45) is 5.92 Å². The lowest BCUT2D eigenvalue weighted by Crippen LogP contribution is -2.22. The summed E-state index contributed by atoms with van der Waals surface area (Å²) in [5, 5.41) is 4.58. The highest BCUT2D eigenvalue weighted by Gasteiger charge is 2.40. The Labute approximate surface area is 306 Å². The van der Waals surface area contributed by atoms with Crippen molar-refractivity contribution in [3.8, 4) is 17.1 Å². The summed E-state index contributed by atoms with van der Waals surface area (Å²) >= 11 is 0. The molecule has 7 aromatic rings. The van der Waals surface area contributed by atoms with E-state index in [0.717, 1.165) is 111 Å². The first kappa shape index (κ1) is 29.4. The van der Waals surface area contributed by atoms with Gasteiger partial charge in [0, 0.05) is 49.9 Å². The first-order chi connectivity index (χ1) is 26.3. The van der Waals surface area contributed by atoms with E-state index in [4.69, 9.17) is 19.1 Å². The second-order valence-electron chi connectivity index (χ2n) is 14.9. The van der Waals surface area contributed by atoms with Gasteiger partial charge in [0.2, 0.25) is 5.95 Å². The van der Waals surface area contributed by atoms with Crippen molar-refractivity contribution in [3.05, 3.63) is 161 Å². The highest BCUT2D eigenvalue weighted by molar-refractivity contribution is 6.10. The van der Waals surface area contributed by atoms with Crippen molar-refractivity contribution in [3.63, 3.8) is 0 Å². The van der Waals surface area contributed by atoms with Crippen LogP contribution >= 0.6 is 0 Å². The maximum absolute atomic E-state index is 6.73. The number of furan rings is 1. The Morgan fingerprint density at radius 3 is 2.58 bits per heavy atom. The molecule has 5 nitrogen and oxygen atoms in total. The Kier molecular flexibility index (Phi) is 6.18. The number of para-hydroxylation sites is 3. The molecule has 5 heteroatoms. The van der Waals surface area contributed by atoms with E-state index in [-0.39, 0.29) is 12.0 Å². The van der Waals surface area contributed by atoms with Crippen molar-refractivity contribution in [2.45, 2.75) is 44.6 Å². The number of aromatic nitrogens is 3. The molecule has 4 aromatic carbocycles. The van der Waals surface area contributed by atoms with Crippen LogP contribution in [0.4, 0.5) is 0 Å². The minimum atomic E-state index is -0.0977. The SMILES string of the molecule is C1=CC2C3=C(C=CCC3)OC2C(c2nc(-n3c4c(c5cc(-c6cccc7c6oc6ccccc67)ccc53)C3=C(C=CCC3)CC4)nc3ccccc23)=C1. The van der Waals surface area contributed by atoms with Gasteiger partial charge >= 0.3 is 0 Å². The predicted molar refractivity (Wildman–Crippen MR) is 214 cm³/mol. The molecule has 0 N–H and O–H groups in total. The summed E-state index contributed by atoms with van der Waals surface area (Å²) in [6, 6.07) is 30.2. The summed E-state index contributed by atoms with van der Waals surface area (Å²) in [6.07, 6.45) is 21.8. The lowest BCUT2D eigenvalue weighted by Gasteiger charge is -2.25. The predicted octanol–water partition coefficient (Wildman–Crippen LogP) is 11.8. The summed E-state index contributed by atoms with van der Waals surface area (Å²) in [4.78, 5) is 10.9. The maximum Gasteiger partial charge on any atom is 0.235 e. The summed E-state index contributed by atoms with van der Waals surface area (Å²) in [6.45, 7) is 0. The average Bonchev–Trinajstić information content (AvgIpc) is 3.90. The highest BCUT2D eigenvalue weighted by Crippen LogP contribution is 2.48. The summed E-state index contributed by atoms with van der Waals surface area (Å²) in [5.41, 5.74) is 15.2. The van der Waals surface area contributed by atoms with Gasteiger partial charge < -0.3 is 9.15 Å². The molecule has 4 heterocycles. The molecule has 0 radical (unpaired) electrons. The minimum Gasteiger partial charge on any atom is -0.485 e. The Hall–Kier alpha value is -6.20. The van der Waals surface area contributed by atoms with Crippen LogP contribution in [0, 0.1) is 5.92 Å². The molecular formula is C48H35N3O2. The highest BCUT2D eigenvalue weighted by atomic mass is 16.5. The summed E-state index contributed by atoms with van der Waals surface area (Å²) in [5.74, 6) is 1.98. The van der Waals surface area contributed by atoms with E-state index in [2.05, 4.69) is 126 Å². The average molecular weight is 686 g/mol. The van der Waals surface area contributed by atoms with Gasteiger partial charge in [0.05, 0.1) is 16.7 Å². The molecule has 3 aromatic heterocycles. The van der Waals surface area contributed by atoms with Crippen LogP contribution in [0.2, 0.25) is 0 Å². The van der Waals surface area contributed by atoms with Crippen molar-refractivity contribution in [1.29, 1.82) is 0 Å². The van der Waals surface area contributed by atoms with E-state index in [9.17, 15) is 0 Å². The third-order valence-corrected chi connectivity index (χ3v) is 12.1. The molecule has 4 aliphatic carbocycles. The van der Waals surface area contributed by atoms with E-state index in [1.54, 1.807) is 0 Å². The van der Waals surface area contributed by atoms with Crippen LogP contribution in [0.1, 0.15) is 49.1 Å². The zero-order valence-electron chi connectivity index (χ0n) is 29.2. The molecule has 254 valence electrons. The molecule has 2 unspecified atom stereocenters. The topological polar surface area (TPSA) is 53.1 Å². The maximum atomic E-state index is 6.73. The van der Waals surface area contributed by atoms with Crippen molar-refractivity contribution >= 4 is 54.9 Å². The summed E-state index contributed by atoms with van der Waals surface area (Å²) in [7, 11) is 0. The van der Waals surface area contributed by atoms with Gasteiger partial charge in [-0.2, -0.15) is 0 Å². The molecule has 0 spiro atoms.